The molecule has 2 N–H and O–H groups in total. The molecule has 0 radical (unpaired) electrons. The summed E-state index contributed by atoms with van der Waals surface area (Å²) < 4.78 is 24.9. The smallest absolute Gasteiger partial charge is 0.286 e. The summed E-state index contributed by atoms with van der Waals surface area (Å²) in [4.78, 5) is 12.7. The van der Waals surface area contributed by atoms with Gasteiger partial charge in [-0.25, -0.2) is 4.39 Å². The summed E-state index contributed by atoms with van der Waals surface area (Å²) in [6.45, 7) is 7.00. The van der Waals surface area contributed by atoms with Gasteiger partial charge in [-0.15, -0.1) is 0 Å². The second-order valence-electron chi connectivity index (χ2n) is 8.88. The molecule has 6 heteroatoms. The molecular formula is C25H30FNO4. The number of hydrogen-bond donors (Lipinski definition) is 2. The monoisotopic (exact) mass is 427 g/mol. The van der Waals surface area contributed by atoms with Crippen LogP contribution in [0.25, 0.3) is 0 Å². The predicted molar refractivity (Wildman–Crippen MR) is 116 cm³/mol. The van der Waals surface area contributed by atoms with Crippen molar-refractivity contribution < 1.29 is 23.8 Å². The summed E-state index contributed by atoms with van der Waals surface area (Å²) >= 11 is 0. The molecule has 0 spiro atoms. The van der Waals surface area contributed by atoms with Crippen LogP contribution in [-0.2, 0) is 34.0 Å². The Morgan fingerprint density at radius 1 is 1.10 bits per heavy atom. The van der Waals surface area contributed by atoms with E-state index in [1.165, 1.54) is 12.1 Å². The molecule has 0 bridgehead atoms. The number of amides is 1. The lowest BCUT2D eigenvalue weighted by molar-refractivity contribution is -0.157. The van der Waals surface area contributed by atoms with E-state index in [2.05, 4.69) is 26.1 Å². The number of hydrogen-bond acceptors (Lipinski definition) is 4. The predicted octanol–water partition coefficient (Wildman–Crippen LogP) is 4.44. The minimum absolute atomic E-state index is 0.00131. The molecule has 2 aromatic rings. The summed E-state index contributed by atoms with van der Waals surface area (Å²) in [6, 6.07) is 13.5. The van der Waals surface area contributed by atoms with Gasteiger partial charge < -0.3 is 19.9 Å². The van der Waals surface area contributed by atoms with Crippen LogP contribution in [0, 0.1) is 17.2 Å². The van der Waals surface area contributed by atoms with E-state index in [1.54, 1.807) is 12.1 Å². The van der Waals surface area contributed by atoms with Crippen LogP contribution in [0.5, 0.6) is 0 Å². The maximum Gasteiger partial charge on any atom is 0.286 e. The molecule has 1 aliphatic rings. The first-order chi connectivity index (χ1) is 14.7. The molecular weight excluding hydrogens is 397 g/mol. The van der Waals surface area contributed by atoms with Gasteiger partial charge in [0, 0.05) is 13.0 Å². The van der Waals surface area contributed by atoms with Gasteiger partial charge in [-0.3, -0.25) is 4.79 Å². The topological polar surface area (TPSA) is 67.8 Å². The number of nitrogens with one attached hydrogen (secondary N) is 1. The van der Waals surface area contributed by atoms with Crippen LogP contribution in [0.1, 0.15) is 43.9 Å². The number of aliphatic hydroxyl groups excluding tert-OH is 1. The Balaban J connectivity index is 1.64. The third-order valence-electron chi connectivity index (χ3n) is 5.40. The lowest BCUT2D eigenvalue weighted by Crippen LogP contribution is -2.36. The third kappa shape index (κ3) is 6.64. The number of halogens is 1. The van der Waals surface area contributed by atoms with Gasteiger partial charge in [-0.2, -0.15) is 0 Å². The Morgan fingerprint density at radius 3 is 2.32 bits per heavy atom. The normalized spacial score (nSPS) is 18.8. The van der Waals surface area contributed by atoms with Gasteiger partial charge in [0.15, 0.2) is 5.76 Å². The zero-order valence-electron chi connectivity index (χ0n) is 18.2. The van der Waals surface area contributed by atoms with Crippen LogP contribution in [0.2, 0.25) is 0 Å². The first kappa shape index (κ1) is 23.0. The third-order valence-corrected chi connectivity index (χ3v) is 5.40. The van der Waals surface area contributed by atoms with Gasteiger partial charge in [-0.1, -0.05) is 57.2 Å². The van der Waals surface area contributed by atoms with E-state index in [-0.39, 0.29) is 42.0 Å². The Bertz CT molecular complexity index is 901. The molecule has 0 aromatic heterocycles. The molecule has 3 rings (SSSR count). The Kier molecular flexibility index (Phi) is 7.46. The maximum absolute atomic E-state index is 13.1. The summed E-state index contributed by atoms with van der Waals surface area (Å²) in [5.41, 5.74) is 2.55. The van der Waals surface area contributed by atoms with Crippen LogP contribution in [0.3, 0.4) is 0 Å². The Morgan fingerprint density at radius 2 is 1.71 bits per heavy atom. The van der Waals surface area contributed by atoms with E-state index >= 15 is 0 Å². The van der Waals surface area contributed by atoms with Crippen LogP contribution < -0.4 is 5.32 Å². The lowest BCUT2D eigenvalue weighted by atomic mass is 9.77. The minimum atomic E-state index is -0.543. The van der Waals surface area contributed by atoms with Gasteiger partial charge in [0.2, 0.25) is 6.29 Å². The van der Waals surface area contributed by atoms with Crippen molar-refractivity contribution in [3.63, 3.8) is 0 Å². The maximum atomic E-state index is 13.1. The number of carbonyl (C=O) groups is 1. The Labute approximate surface area is 182 Å². The zero-order valence-corrected chi connectivity index (χ0v) is 18.2. The van der Waals surface area contributed by atoms with Crippen LogP contribution >= 0.6 is 0 Å². The molecule has 0 fully saturated rings. The fraction of sp³-hybridized carbons (Fsp3) is 0.400. The number of allylic oxidation sites excluding steroid dienone is 1. The van der Waals surface area contributed by atoms with Gasteiger partial charge in [0.25, 0.3) is 5.91 Å². The average Bonchev–Trinajstić information content (AvgIpc) is 2.76. The first-order valence-corrected chi connectivity index (χ1v) is 10.5. The molecule has 1 heterocycles. The minimum Gasteiger partial charge on any atom is -0.459 e. The number of carbonyl (C=O) groups excluding carboxylic acids is 1. The van der Waals surface area contributed by atoms with Gasteiger partial charge in [-0.05, 0) is 46.2 Å². The van der Waals surface area contributed by atoms with Gasteiger partial charge in [0.05, 0.1) is 13.2 Å². The summed E-state index contributed by atoms with van der Waals surface area (Å²) in [6.07, 6.45) is 1.97. The molecule has 0 saturated heterocycles. The number of rotatable bonds is 7. The quantitative estimate of drug-likeness (QED) is 0.685. The molecule has 2 atom stereocenters. The van der Waals surface area contributed by atoms with Crippen molar-refractivity contribution in [3.05, 3.63) is 82.9 Å². The second kappa shape index (κ2) is 10.1. The van der Waals surface area contributed by atoms with Crippen LogP contribution in [0.4, 0.5) is 4.39 Å². The van der Waals surface area contributed by atoms with Gasteiger partial charge >= 0.3 is 0 Å². The molecule has 31 heavy (non-hydrogen) atoms. The van der Waals surface area contributed by atoms with Crippen molar-refractivity contribution in [1.29, 1.82) is 0 Å². The Hall–Kier alpha value is -2.70. The van der Waals surface area contributed by atoms with Crippen molar-refractivity contribution in [1.82, 2.24) is 5.32 Å². The zero-order chi connectivity index (χ0) is 22.4. The molecule has 166 valence electrons. The molecule has 1 amide bonds. The summed E-state index contributed by atoms with van der Waals surface area (Å²) in [7, 11) is 0. The first-order valence-electron chi connectivity index (χ1n) is 10.5. The van der Waals surface area contributed by atoms with Crippen LogP contribution in [-0.4, -0.2) is 17.3 Å². The van der Waals surface area contributed by atoms with E-state index in [0.29, 0.717) is 13.0 Å². The van der Waals surface area contributed by atoms with Crippen molar-refractivity contribution in [2.24, 2.45) is 11.3 Å². The second-order valence-corrected chi connectivity index (χ2v) is 8.88. The van der Waals surface area contributed by atoms with Crippen LogP contribution in [0.15, 0.2) is 60.4 Å². The number of benzene rings is 2. The van der Waals surface area contributed by atoms with E-state index in [9.17, 15) is 9.18 Å². The van der Waals surface area contributed by atoms with Crippen molar-refractivity contribution in [2.75, 3.05) is 0 Å². The molecule has 0 unspecified atom stereocenters. The molecule has 2 aromatic carbocycles. The SMILES string of the molecule is CC(C)(C)[C@H]1C=C(C(=O)NCc2ccc(F)cc2)O[C@@H](OCc2ccc(CO)cc2)C1. The fourth-order valence-electron chi connectivity index (χ4n) is 3.32. The number of ether oxygens (including phenoxy) is 2. The van der Waals surface area contributed by atoms with Gasteiger partial charge in [0.1, 0.15) is 5.82 Å². The largest absolute Gasteiger partial charge is 0.459 e. The average molecular weight is 428 g/mol. The van der Waals surface area contributed by atoms with E-state index in [4.69, 9.17) is 14.6 Å². The summed E-state index contributed by atoms with van der Waals surface area (Å²) in [5, 5.41) is 12.0. The fourth-order valence-corrected chi connectivity index (χ4v) is 3.32. The highest BCUT2D eigenvalue weighted by atomic mass is 19.1. The molecule has 5 nitrogen and oxygen atoms in total. The van der Waals surface area contributed by atoms with Crippen molar-refractivity contribution in [2.45, 2.75) is 53.2 Å². The molecule has 0 aliphatic carbocycles. The highest BCUT2D eigenvalue weighted by Crippen LogP contribution is 2.36. The molecule has 1 aliphatic heterocycles. The highest BCUT2D eigenvalue weighted by molar-refractivity contribution is 5.91. The standard InChI is InChI=1S/C25H30FNO4/c1-25(2,3)20-12-22(24(29)27-14-17-8-10-21(26)11-9-17)31-23(13-20)30-16-19-6-4-18(15-28)5-7-19/h4-12,20,23,28H,13-16H2,1-3H3,(H,27,29)/t20-,23+/m0/s1. The highest BCUT2D eigenvalue weighted by Gasteiger charge is 2.34. The van der Waals surface area contributed by atoms with Crippen molar-refractivity contribution in [3.8, 4) is 0 Å². The van der Waals surface area contributed by atoms with E-state index < -0.39 is 6.29 Å². The summed E-state index contributed by atoms with van der Waals surface area (Å²) in [5.74, 6) is -0.282. The van der Waals surface area contributed by atoms with E-state index in [1.807, 2.05) is 30.3 Å². The van der Waals surface area contributed by atoms with E-state index in [0.717, 1.165) is 16.7 Å². The van der Waals surface area contributed by atoms with Crippen molar-refractivity contribution >= 4 is 5.91 Å². The number of aliphatic hydroxyl groups is 1. The molecule has 0 saturated carbocycles. The lowest BCUT2D eigenvalue weighted by Gasteiger charge is -2.36.